The number of carbonyl (C=O) groups excluding carboxylic acids is 1. The van der Waals surface area contributed by atoms with Gasteiger partial charge in [0.25, 0.3) is 0 Å². The van der Waals surface area contributed by atoms with Crippen LogP contribution in [0.25, 0.3) is 0 Å². The molecular weight excluding hydrogens is 282 g/mol. The van der Waals surface area contributed by atoms with Gasteiger partial charge < -0.3 is 10.1 Å². The Morgan fingerprint density at radius 3 is 2.80 bits per heavy atom. The molecule has 2 N–H and O–H groups in total. The fraction of sp³-hybridized carbons (Fsp3) is 0.917. The van der Waals surface area contributed by atoms with Crippen molar-refractivity contribution in [2.24, 2.45) is 5.92 Å². The molecule has 1 rings (SSSR count). The summed E-state index contributed by atoms with van der Waals surface area (Å²) in [6.45, 7) is 6.48. The van der Waals surface area contributed by atoms with Gasteiger partial charge >= 0.3 is 16.3 Å². The van der Waals surface area contributed by atoms with Crippen molar-refractivity contribution in [2.45, 2.75) is 33.1 Å². The minimum Gasteiger partial charge on any atom is -0.449 e. The summed E-state index contributed by atoms with van der Waals surface area (Å²) in [5.41, 5.74) is 0. The lowest BCUT2D eigenvalue weighted by Gasteiger charge is -2.31. The molecule has 20 heavy (non-hydrogen) atoms. The Balaban J connectivity index is 2.50. The highest BCUT2D eigenvalue weighted by Gasteiger charge is 2.30. The maximum absolute atomic E-state index is 12.0. The summed E-state index contributed by atoms with van der Waals surface area (Å²) in [4.78, 5) is 11.2. The summed E-state index contributed by atoms with van der Waals surface area (Å²) in [6, 6.07) is 0. The van der Waals surface area contributed by atoms with E-state index in [-0.39, 0.29) is 12.5 Å². The topological polar surface area (TPSA) is 87.7 Å². The van der Waals surface area contributed by atoms with E-state index >= 15 is 0 Å². The number of hydrogen-bond donors (Lipinski definition) is 2. The van der Waals surface area contributed by atoms with Crippen LogP contribution in [0.4, 0.5) is 4.79 Å². The summed E-state index contributed by atoms with van der Waals surface area (Å²) in [7, 11) is -3.79. The maximum Gasteiger partial charge on any atom is 0.421 e. The number of nitrogens with one attached hydrogen (secondary N) is 2. The van der Waals surface area contributed by atoms with Crippen molar-refractivity contribution in [3.8, 4) is 0 Å². The first-order valence-corrected chi connectivity index (χ1v) is 8.59. The van der Waals surface area contributed by atoms with Crippen LogP contribution in [0.15, 0.2) is 0 Å². The Morgan fingerprint density at radius 2 is 2.15 bits per heavy atom. The van der Waals surface area contributed by atoms with Crippen LogP contribution in [-0.2, 0) is 14.9 Å². The number of amides is 1. The van der Waals surface area contributed by atoms with Crippen LogP contribution in [0.2, 0.25) is 0 Å². The predicted octanol–water partition coefficient (Wildman–Crippen LogP) is 0.689. The molecule has 1 amide bonds. The molecule has 0 spiro atoms. The summed E-state index contributed by atoms with van der Waals surface area (Å²) < 4.78 is 31.9. The van der Waals surface area contributed by atoms with Crippen molar-refractivity contribution >= 4 is 16.3 Å². The molecule has 0 aromatic rings. The highest BCUT2D eigenvalue weighted by atomic mass is 32.2. The smallest absolute Gasteiger partial charge is 0.421 e. The molecule has 8 heteroatoms. The van der Waals surface area contributed by atoms with Crippen LogP contribution in [0.1, 0.15) is 33.1 Å². The molecule has 1 atom stereocenters. The molecule has 1 aliphatic heterocycles. The third-order valence-electron chi connectivity index (χ3n) is 3.17. The third-order valence-corrected chi connectivity index (χ3v) is 4.61. The van der Waals surface area contributed by atoms with Gasteiger partial charge in [-0.1, -0.05) is 6.92 Å². The van der Waals surface area contributed by atoms with E-state index in [2.05, 4.69) is 17.0 Å². The van der Waals surface area contributed by atoms with E-state index in [1.165, 1.54) is 4.31 Å². The molecule has 1 aliphatic rings. The Morgan fingerprint density at radius 1 is 1.40 bits per heavy atom. The van der Waals surface area contributed by atoms with Crippen LogP contribution in [0.3, 0.4) is 0 Å². The zero-order valence-electron chi connectivity index (χ0n) is 12.2. The van der Waals surface area contributed by atoms with Crippen LogP contribution < -0.4 is 10.0 Å². The second-order valence-corrected chi connectivity index (χ2v) is 6.57. The Hall–Kier alpha value is -0.860. The van der Waals surface area contributed by atoms with E-state index < -0.39 is 16.3 Å². The van der Waals surface area contributed by atoms with E-state index in [0.717, 1.165) is 32.4 Å². The monoisotopic (exact) mass is 307 g/mol. The van der Waals surface area contributed by atoms with Crippen molar-refractivity contribution in [2.75, 3.05) is 32.8 Å². The number of rotatable bonds is 7. The van der Waals surface area contributed by atoms with E-state index in [1.807, 2.05) is 4.72 Å². The number of ether oxygens (including phenoxy) is 1. The van der Waals surface area contributed by atoms with Gasteiger partial charge in [0.15, 0.2) is 0 Å². The average molecular weight is 307 g/mol. The molecule has 1 heterocycles. The van der Waals surface area contributed by atoms with E-state index in [0.29, 0.717) is 13.1 Å². The largest absolute Gasteiger partial charge is 0.449 e. The van der Waals surface area contributed by atoms with Crippen LogP contribution in [0, 0.1) is 5.92 Å². The molecular formula is C12H25N3O4S. The SMILES string of the molecule is CCCNCC1CCCN(S(=O)(=O)NC(=O)OCC)C1. The van der Waals surface area contributed by atoms with E-state index in [9.17, 15) is 13.2 Å². The minimum absolute atomic E-state index is 0.144. The van der Waals surface area contributed by atoms with Crippen molar-refractivity contribution in [1.29, 1.82) is 0 Å². The van der Waals surface area contributed by atoms with Gasteiger partial charge in [-0.3, -0.25) is 0 Å². The maximum atomic E-state index is 12.0. The second kappa shape index (κ2) is 8.43. The first-order chi connectivity index (χ1) is 9.49. The third kappa shape index (κ3) is 5.64. The second-order valence-electron chi connectivity index (χ2n) is 4.90. The lowest BCUT2D eigenvalue weighted by molar-refractivity contribution is 0.157. The normalized spacial score (nSPS) is 20.6. The lowest BCUT2D eigenvalue weighted by Crippen LogP contribution is -2.49. The summed E-state index contributed by atoms with van der Waals surface area (Å²) in [5.74, 6) is 0.286. The predicted molar refractivity (Wildman–Crippen MR) is 76.5 cm³/mol. The van der Waals surface area contributed by atoms with Crippen molar-refractivity contribution in [1.82, 2.24) is 14.3 Å². The fourth-order valence-electron chi connectivity index (χ4n) is 2.23. The molecule has 0 aliphatic carbocycles. The molecule has 0 aromatic heterocycles. The number of carbonyl (C=O) groups is 1. The van der Waals surface area contributed by atoms with E-state index in [1.54, 1.807) is 6.92 Å². The zero-order valence-corrected chi connectivity index (χ0v) is 13.0. The molecule has 1 fully saturated rings. The molecule has 7 nitrogen and oxygen atoms in total. The molecule has 0 aromatic carbocycles. The lowest BCUT2D eigenvalue weighted by atomic mass is 10.00. The van der Waals surface area contributed by atoms with Crippen LogP contribution >= 0.6 is 0 Å². The molecule has 0 saturated carbocycles. The Bertz CT molecular complexity index is 400. The first-order valence-electron chi connectivity index (χ1n) is 7.15. The van der Waals surface area contributed by atoms with Gasteiger partial charge in [0.2, 0.25) is 0 Å². The molecule has 0 bridgehead atoms. The number of hydrogen-bond acceptors (Lipinski definition) is 5. The summed E-state index contributed by atoms with van der Waals surface area (Å²) in [5, 5.41) is 3.30. The standard InChI is InChI=1S/C12H25N3O4S/c1-3-7-13-9-11-6-5-8-15(10-11)20(17,18)14-12(16)19-4-2/h11,13H,3-10H2,1-2H3,(H,14,16). The van der Waals surface area contributed by atoms with Gasteiger partial charge in [-0.25, -0.2) is 9.52 Å². The molecule has 118 valence electrons. The van der Waals surface area contributed by atoms with Gasteiger partial charge in [-0.2, -0.15) is 12.7 Å². The first kappa shape index (κ1) is 17.2. The van der Waals surface area contributed by atoms with Gasteiger partial charge in [0.1, 0.15) is 0 Å². The van der Waals surface area contributed by atoms with Gasteiger partial charge in [-0.05, 0) is 45.2 Å². The summed E-state index contributed by atoms with van der Waals surface area (Å²) >= 11 is 0. The Labute approximate surface area is 121 Å². The van der Waals surface area contributed by atoms with Crippen molar-refractivity contribution in [3.05, 3.63) is 0 Å². The molecule has 0 radical (unpaired) electrons. The van der Waals surface area contributed by atoms with Crippen LogP contribution in [0.5, 0.6) is 0 Å². The van der Waals surface area contributed by atoms with Gasteiger partial charge in [0.05, 0.1) is 6.61 Å². The van der Waals surface area contributed by atoms with Gasteiger partial charge in [-0.15, -0.1) is 0 Å². The van der Waals surface area contributed by atoms with Gasteiger partial charge in [0, 0.05) is 13.1 Å². The van der Waals surface area contributed by atoms with Crippen LogP contribution in [-0.4, -0.2) is 51.6 Å². The molecule has 1 saturated heterocycles. The average Bonchev–Trinajstić information content (AvgIpc) is 2.39. The highest BCUT2D eigenvalue weighted by Crippen LogP contribution is 2.18. The molecule has 1 unspecified atom stereocenters. The van der Waals surface area contributed by atoms with E-state index in [4.69, 9.17) is 0 Å². The van der Waals surface area contributed by atoms with Crippen molar-refractivity contribution < 1.29 is 17.9 Å². The zero-order chi connectivity index (χ0) is 15.0. The quantitative estimate of drug-likeness (QED) is 0.676. The fourth-order valence-corrected chi connectivity index (χ4v) is 3.40. The number of piperidine rings is 1. The summed E-state index contributed by atoms with van der Waals surface area (Å²) in [6.07, 6.45) is 1.95. The number of nitrogens with zero attached hydrogens (tertiary/aromatic N) is 1. The van der Waals surface area contributed by atoms with Crippen molar-refractivity contribution in [3.63, 3.8) is 0 Å². The minimum atomic E-state index is -3.79. The Kier molecular flexibility index (Phi) is 7.25. The highest BCUT2D eigenvalue weighted by molar-refractivity contribution is 7.87.